The first-order valence-corrected chi connectivity index (χ1v) is 9.57. The molecule has 2 aromatic rings. The van der Waals surface area contributed by atoms with Crippen molar-refractivity contribution in [3.05, 3.63) is 65.2 Å². The van der Waals surface area contributed by atoms with E-state index >= 15 is 0 Å². The average Bonchev–Trinajstić information content (AvgIpc) is 2.72. The fraction of sp³-hybridized carbons (Fsp3) is 0.364. The van der Waals surface area contributed by atoms with Gasteiger partial charge in [-0.1, -0.05) is 48.0 Å². The predicted molar refractivity (Wildman–Crippen MR) is 105 cm³/mol. The zero-order valence-electron chi connectivity index (χ0n) is 16.6. The maximum atomic E-state index is 12.9. The molecule has 3 unspecified atom stereocenters. The second-order valence-electron chi connectivity index (χ2n) is 7.33. The monoisotopic (exact) mass is 420 g/mol. The zero-order chi connectivity index (χ0) is 21.9. The van der Waals surface area contributed by atoms with Crippen LogP contribution in [-0.2, 0) is 9.59 Å². The Hall–Kier alpha value is -3.03. The first-order valence-electron chi connectivity index (χ1n) is 9.57. The Labute approximate surface area is 172 Å². The average molecular weight is 420 g/mol. The van der Waals surface area contributed by atoms with E-state index in [0.717, 1.165) is 11.1 Å². The molecule has 0 radical (unpaired) electrons. The number of ether oxygens (including phenoxy) is 1. The molecule has 2 N–H and O–H groups in total. The van der Waals surface area contributed by atoms with Crippen molar-refractivity contribution in [1.29, 1.82) is 0 Å². The zero-order valence-corrected chi connectivity index (χ0v) is 16.6. The van der Waals surface area contributed by atoms with E-state index < -0.39 is 36.0 Å². The van der Waals surface area contributed by atoms with Crippen molar-refractivity contribution in [2.24, 2.45) is 5.92 Å². The smallest absolute Gasteiger partial charge is 0.408 e. The summed E-state index contributed by atoms with van der Waals surface area (Å²) >= 11 is 0. The number of rotatable bonds is 5. The third-order valence-corrected chi connectivity index (χ3v) is 5.24. The first-order chi connectivity index (χ1) is 14.2. The highest BCUT2D eigenvalue weighted by atomic mass is 19.4. The van der Waals surface area contributed by atoms with E-state index in [9.17, 15) is 22.8 Å². The largest absolute Gasteiger partial charge is 0.496 e. The highest BCUT2D eigenvalue weighted by Crippen LogP contribution is 2.32. The minimum Gasteiger partial charge on any atom is -0.496 e. The van der Waals surface area contributed by atoms with Gasteiger partial charge < -0.3 is 15.4 Å². The SMILES string of the molecule is COc1ccccc1C(NC(=O)C1CCC(C(F)(F)F)NC1=O)c1ccc(C)cc1. The van der Waals surface area contributed by atoms with Crippen LogP contribution in [0.25, 0.3) is 0 Å². The van der Waals surface area contributed by atoms with Crippen molar-refractivity contribution in [1.82, 2.24) is 10.6 Å². The minimum atomic E-state index is -4.53. The fourth-order valence-electron chi connectivity index (χ4n) is 3.55. The van der Waals surface area contributed by atoms with Crippen LogP contribution in [0.1, 0.15) is 35.6 Å². The van der Waals surface area contributed by atoms with Crippen molar-refractivity contribution in [3.63, 3.8) is 0 Å². The fourth-order valence-corrected chi connectivity index (χ4v) is 3.55. The Morgan fingerprint density at radius 3 is 2.40 bits per heavy atom. The van der Waals surface area contributed by atoms with E-state index in [-0.39, 0.29) is 12.8 Å². The van der Waals surface area contributed by atoms with Crippen LogP contribution in [-0.4, -0.2) is 31.1 Å². The highest BCUT2D eigenvalue weighted by Gasteiger charge is 2.46. The van der Waals surface area contributed by atoms with Crippen molar-refractivity contribution < 1.29 is 27.5 Å². The number of nitrogens with one attached hydrogen (secondary N) is 2. The molecule has 8 heteroatoms. The van der Waals surface area contributed by atoms with Gasteiger partial charge in [-0.3, -0.25) is 9.59 Å². The number of hydrogen-bond acceptors (Lipinski definition) is 3. The van der Waals surface area contributed by atoms with E-state index in [1.54, 1.807) is 24.3 Å². The summed E-state index contributed by atoms with van der Waals surface area (Å²) in [4.78, 5) is 25.1. The van der Waals surface area contributed by atoms with Crippen molar-refractivity contribution in [3.8, 4) is 5.75 Å². The quantitative estimate of drug-likeness (QED) is 0.726. The number of hydrogen-bond donors (Lipinski definition) is 2. The van der Waals surface area contributed by atoms with E-state index in [0.29, 0.717) is 11.3 Å². The lowest BCUT2D eigenvalue weighted by atomic mass is 9.91. The topological polar surface area (TPSA) is 67.4 Å². The number of alkyl halides is 3. The third kappa shape index (κ3) is 4.75. The van der Waals surface area contributed by atoms with Gasteiger partial charge in [-0.15, -0.1) is 0 Å². The second-order valence-corrected chi connectivity index (χ2v) is 7.33. The summed E-state index contributed by atoms with van der Waals surface area (Å²) in [6, 6.07) is 12.1. The van der Waals surface area contributed by atoms with Gasteiger partial charge >= 0.3 is 6.18 Å². The number of amides is 2. The number of carbonyl (C=O) groups excluding carboxylic acids is 2. The molecular weight excluding hydrogens is 397 g/mol. The van der Waals surface area contributed by atoms with Crippen LogP contribution in [0, 0.1) is 12.8 Å². The Morgan fingerprint density at radius 2 is 1.80 bits per heavy atom. The molecule has 0 aliphatic carbocycles. The van der Waals surface area contributed by atoms with Gasteiger partial charge in [-0.25, -0.2) is 0 Å². The van der Waals surface area contributed by atoms with E-state index in [1.807, 2.05) is 36.5 Å². The Kier molecular flexibility index (Phi) is 6.34. The molecule has 3 rings (SSSR count). The van der Waals surface area contributed by atoms with Crippen LogP contribution in [0.5, 0.6) is 5.75 Å². The Balaban J connectivity index is 1.86. The van der Waals surface area contributed by atoms with Crippen LogP contribution < -0.4 is 15.4 Å². The molecule has 1 saturated heterocycles. The van der Waals surface area contributed by atoms with Gasteiger partial charge in [0.2, 0.25) is 11.8 Å². The lowest BCUT2D eigenvalue weighted by Gasteiger charge is -2.31. The van der Waals surface area contributed by atoms with Gasteiger partial charge in [0.15, 0.2) is 0 Å². The van der Waals surface area contributed by atoms with E-state index in [1.165, 1.54) is 7.11 Å². The molecule has 160 valence electrons. The number of aryl methyl sites for hydroxylation is 1. The summed E-state index contributed by atoms with van der Waals surface area (Å²) in [7, 11) is 1.51. The molecule has 0 spiro atoms. The molecule has 0 aromatic heterocycles. The Morgan fingerprint density at radius 1 is 1.13 bits per heavy atom. The normalized spacial score (nSPS) is 20.2. The Bertz CT molecular complexity index is 913. The molecule has 1 aliphatic rings. The third-order valence-electron chi connectivity index (χ3n) is 5.24. The molecule has 1 fully saturated rings. The summed E-state index contributed by atoms with van der Waals surface area (Å²) in [6.07, 6.45) is -5.04. The molecule has 2 aromatic carbocycles. The molecule has 5 nitrogen and oxygen atoms in total. The second kappa shape index (κ2) is 8.77. The highest BCUT2D eigenvalue weighted by molar-refractivity contribution is 6.01. The molecule has 1 aliphatic heterocycles. The molecule has 30 heavy (non-hydrogen) atoms. The minimum absolute atomic E-state index is 0.172. The van der Waals surface area contributed by atoms with Gasteiger partial charge in [0.05, 0.1) is 13.2 Å². The molecule has 1 heterocycles. The van der Waals surface area contributed by atoms with Crippen LogP contribution >= 0.6 is 0 Å². The predicted octanol–water partition coefficient (Wildman–Crippen LogP) is 3.67. The molecule has 0 bridgehead atoms. The molecule has 2 amide bonds. The maximum absolute atomic E-state index is 12.9. The van der Waals surface area contributed by atoms with Gasteiger partial charge in [0.25, 0.3) is 0 Å². The summed E-state index contributed by atoms with van der Waals surface area (Å²) in [5.74, 6) is -2.17. The van der Waals surface area contributed by atoms with Crippen molar-refractivity contribution in [2.75, 3.05) is 7.11 Å². The summed E-state index contributed by atoms with van der Waals surface area (Å²) in [5, 5.41) is 4.76. The number of methoxy groups -OCH3 is 1. The van der Waals surface area contributed by atoms with Gasteiger partial charge in [0, 0.05) is 5.56 Å². The summed E-state index contributed by atoms with van der Waals surface area (Å²) < 4.78 is 44.1. The number of piperidine rings is 1. The van der Waals surface area contributed by atoms with Crippen LogP contribution in [0.2, 0.25) is 0 Å². The summed E-state index contributed by atoms with van der Waals surface area (Å²) in [6.45, 7) is 1.93. The van der Waals surface area contributed by atoms with Gasteiger partial charge in [0.1, 0.15) is 17.7 Å². The van der Waals surface area contributed by atoms with E-state index in [2.05, 4.69) is 5.32 Å². The van der Waals surface area contributed by atoms with Crippen LogP contribution in [0.15, 0.2) is 48.5 Å². The van der Waals surface area contributed by atoms with Crippen LogP contribution in [0.3, 0.4) is 0 Å². The first kappa shape index (κ1) is 21.7. The van der Waals surface area contributed by atoms with Crippen LogP contribution in [0.4, 0.5) is 13.2 Å². The molecular formula is C22H23F3N2O3. The van der Waals surface area contributed by atoms with E-state index in [4.69, 9.17) is 4.74 Å². The lowest BCUT2D eigenvalue weighted by Crippen LogP contribution is -2.54. The molecule has 0 saturated carbocycles. The maximum Gasteiger partial charge on any atom is 0.408 e. The van der Waals surface area contributed by atoms with Gasteiger partial charge in [-0.05, 0) is 31.4 Å². The molecule has 3 atom stereocenters. The number of halogens is 3. The standard InChI is InChI=1S/C22H23F3N2O3/c1-13-7-9-14(10-8-13)19(15-5-3-4-6-17(15)30-2)27-21(29)16-11-12-18(22(23,24)25)26-20(16)28/h3-10,16,18-19H,11-12H2,1-2H3,(H,26,28)(H,27,29). The van der Waals surface area contributed by atoms with Crippen molar-refractivity contribution >= 4 is 11.8 Å². The van der Waals surface area contributed by atoms with Gasteiger partial charge in [-0.2, -0.15) is 13.2 Å². The number of benzene rings is 2. The van der Waals surface area contributed by atoms with Crippen molar-refractivity contribution in [2.45, 2.75) is 38.0 Å². The summed E-state index contributed by atoms with van der Waals surface area (Å²) in [5.41, 5.74) is 2.48. The number of para-hydroxylation sites is 1. The number of carbonyl (C=O) groups is 2. The lowest BCUT2D eigenvalue weighted by molar-refractivity contribution is -0.171.